The van der Waals surface area contributed by atoms with Gasteiger partial charge in [-0.2, -0.15) is 0 Å². The highest BCUT2D eigenvalue weighted by atomic mass is 127. The lowest BCUT2D eigenvalue weighted by molar-refractivity contribution is -0.143. The molecule has 0 aliphatic rings. The maximum absolute atomic E-state index is 12.7. The summed E-state index contributed by atoms with van der Waals surface area (Å²) in [5.74, 6) is -1.83. The highest BCUT2D eigenvalue weighted by Gasteiger charge is 2.32. The van der Waals surface area contributed by atoms with Crippen molar-refractivity contribution in [3.8, 4) is 0 Å². The largest absolute Gasteiger partial charge is 0.481 e. The normalized spacial score (nSPS) is 12.7. The van der Waals surface area contributed by atoms with Crippen LogP contribution in [-0.2, 0) is 14.4 Å². The summed E-state index contributed by atoms with van der Waals surface area (Å²) in [5, 5.41) is 21.8. The number of halogens is 3. The predicted molar refractivity (Wildman–Crippen MR) is 163 cm³/mol. The Hall–Kier alpha value is -0.300. The van der Waals surface area contributed by atoms with Crippen molar-refractivity contribution in [3.05, 3.63) is 28.4 Å². The molecule has 0 saturated heterocycles. The molecule has 198 valence electrons. The molecule has 9 nitrogen and oxygen atoms in total. The summed E-state index contributed by atoms with van der Waals surface area (Å²) in [6.07, 6.45) is 2.97. The second kappa shape index (κ2) is 18.9. The smallest absolute Gasteiger partial charge is 0.308 e. The Kier molecular flexibility index (Phi) is 17.6. The van der Waals surface area contributed by atoms with Gasteiger partial charge in [0.05, 0.1) is 18.5 Å². The van der Waals surface area contributed by atoms with Crippen molar-refractivity contribution in [3.63, 3.8) is 0 Å². The third-order valence-electron chi connectivity index (χ3n) is 5.32. The molecule has 2 atom stereocenters. The average molecular weight is 827 g/mol. The topological polar surface area (TPSA) is 146 Å². The lowest BCUT2D eigenvalue weighted by atomic mass is 9.90. The van der Waals surface area contributed by atoms with E-state index in [0.717, 1.165) is 42.2 Å². The number of carbonyl (C=O) groups is 3. The second-order valence-corrected chi connectivity index (χ2v) is 11.6. The summed E-state index contributed by atoms with van der Waals surface area (Å²) >= 11 is 6.65. The molecule has 12 heteroatoms. The minimum Gasteiger partial charge on any atom is -0.481 e. The minimum absolute atomic E-state index is 0.0505. The minimum atomic E-state index is -0.917. The molecule has 2 amide bonds. The first-order valence-corrected chi connectivity index (χ1v) is 15.0. The van der Waals surface area contributed by atoms with E-state index in [9.17, 15) is 19.5 Å². The molecule has 1 aromatic rings. The van der Waals surface area contributed by atoms with E-state index in [4.69, 9.17) is 5.73 Å². The van der Waals surface area contributed by atoms with Gasteiger partial charge >= 0.3 is 5.97 Å². The number of aliphatic carboxylic acids is 1. The Morgan fingerprint density at radius 1 is 0.943 bits per heavy atom. The van der Waals surface area contributed by atoms with Gasteiger partial charge in [-0.1, -0.05) is 13.3 Å². The Bertz CT molecular complexity index is 805. The molecule has 0 aromatic heterocycles. The van der Waals surface area contributed by atoms with Crippen LogP contribution < -0.4 is 27.0 Å². The molecule has 0 radical (unpaired) electrons. The summed E-state index contributed by atoms with van der Waals surface area (Å²) in [5.41, 5.74) is 6.26. The molecule has 0 heterocycles. The molecule has 35 heavy (non-hydrogen) atoms. The fourth-order valence-electron chi connectivity index (χ4n) is 3.51. The van der Waals surface area contributed by atoms with E-state index in [-0.39, 0.29) is 18.4 Å². The van der Waals surface area contributed by atoms with Crippen molar-refractivity contribution in [1.82, 2.24) is 21.3 Å². The van der Waals surface area contributed by atoms with Gasteiger partial charge in [0.2, 0.25) is 11.8 Å². The van der Waals surface area contributed by atoms with Crippen molar-refractivity contribution < 1.29 is 19.5 Å². The molecule has 0 bridgehead atoms. The highest BCUT2D eigenvalue weighted by Crippen LogP contribution is 2.34. The van der Waals surface area contributed by atoms with Crippen LogP contribution in [0.25, 0.3) is 0 Å². The average Bonchev–Trinajstić information content (AvgIpc) is 2.77. The first-order valence-electron chi connectivity index (χ1n) is 11.8. The zero-order valence-electron chi connectivity index (χ0n) is 20.0. The third-order valence-corrected chi connectivity index (χ3v) is 7.73. The molecule has 0 spiro atoms. The van der Waals surface area contributed by atoms with Crippen molar-refractivity contribution in [2.75, 3.05) is 39.3 Å². The lowest BCUT2D eigenvalue weighted by Crippen LogP contribution is -2.38. The van der Waals surface area contributed by atoms with Gasteiger partial charge in [0.25, 0.3) is 0 Å². The molecule has 0 saturated carbocycles. The van der Waals surface area contributed by atoms with Crippen molar-refractivity contribution in [1.29, 1.82) is 0 Å². The Morgan fingerprint density at radius 2 is 1.60 bits per heavy atom. The molecule has 0 aliphatic carbocycles. The van der Waals surface area contributed by atoms with Crippen LogP contribution in [0.1, 0.15) is 50.6 Å². The summed E-state index contributed by atoms with van der Waals surface area (Å²) < 4.78 is 2.96. The van der Waals surface area contributed by atoms with Crippen LogP contribution in [0.3, 0.4) is 0 Å². The van der Waals surface area contributed by atoms with Crippen molar-refractivity contribution >= 4 is 85.6 Å². The second-order valence-electron chi connectivity index (χ2n) is 8.06. The highest BCUT2D eigenvalue weighted by molar-refractivity contribution is 14.1. The summed E-state index contributed by atoms with van der Waals surface area (Å²) in [7, 11) is 0. The molecule has 1 rings (SSSR count). The molecule has 0 fully saturated rings. The number of nitrogens with two attached hydrogens (primary N) is 1. The SMILES string of the molecule is CCC(C(=O)O)C(NC(=O)CCCCCNC(=O)CNCCNCCN)c1c(I)cc(I)cc1I. The van der Waals surface area contributed by atoms with Crippen LogP contribution in [0.5, 0.6) is 0 Å². The number of benzene rings is 1. The number of hydrogen-bond donors (Lipinski definition) is 6. The number of hydrogen-bond acceptors (Lipinski definition) is 6. The van der Waals surface area contributed by atoms with Gasteiger partial charge in [-0.05, 0) is 99.2 Å². The predicted octanol–water partition coefficient (Wildman–Crippen LogP) is 2.58. The Morgan fingerprint density at radius 3 is 2.20 bits per heavy atom. The van der Waals surface area contributed by atoms with Crippen LogP contribution in [0.15, 0.2) is 12.1 Å². The van der Waals surface area contributed by atoms with Crippen LogP contribution in [0.2, 0.25) is 0 Å². The zero-order chi connectivity index (χ0) is 26.2. The number of unbranched alkanes of at least 4 members (excludes halogenated alkanes) is 2. The molecular weight excluding hydrogens is 791 g/mol. The van der Waals surface area contributed by atoms with Gasteiger partial charge in [-0.15, -0.1) is 0 Å². The van der Waals surface area contributed by atoms with E-state index in [1.165, 1.54) is 0 Å². The summed E-state index contributed by atoms with van der Waals surface area (Å²) in [4.78, 5) is 36.5. The van der Waals surface area contributed by atoms with E-state index < -0.39 is 17.9 Å². The molecular formula is C23H36I3N5O4. The van der Waals surface area contributed by atoms with E-state index in [1.807, 2.05) is 19.1 Å². The monoisotopic (exact) mass is 827 g/mol. The third kappa shape index (κ3) is 13.2. The fourth-order valence-corrected chi connectivity index (χ4v) is 7.76. The molecule has 7 N–H and O–H groups in total. The van der Waals surface area contributed by atoms with Gasteiger partial charge in [-0.3, -0.25) is 14.4 Å². The summed E-state index contributed by atoms with van der Waals surface area (Å²) in [6.45, 7) is 5.47. The van der Waals surface area contributed by atoms with Gasteiger partial charge < -0.3 is 32.1 Å². The van der Waals surface area contributed by atoms with Crippen molar-refractivity contribution in [2.24, 2.45) is 11.7 Å². The first kappa shape index (κ1) is 32.7. The van der Waals surface area contributed by atoms with Gasteiger partial charge in [-0.25, -0.2) is 0 Å². The van der Waals surface area contributed by atoms with Crippen LogP contribution in [-0.4, -0.2) is 62.2 Å². The van der Waals surface area contributed by atoms with Crippen LogP contribution in [0, 0.1) is 16.6 Å². The molecule has 2 unspecified atom stereocenters. The fraction of sp³-hybridized carbons (Fsp3) is 0.609. The van der Waals surface area contributed by atoms with Crippen LogP contribution in [0.4, 0.5) is 0 Å². The van der Waals surface area contributed by atoms with Crippen LogP contribution >= 0.6 is 67.8 Å². The number of nitrogens with one attached hydrogen (secondary N) is 4. The zero-order valence-corrected chi connectivity index (χ0v) is 26.4. The maximum Gasteiger partial charge on any atom is 0.308 e. The number of rotatable bonds is 18. The van der Waals surface area contributed by atoms with E-state index in [1.54, 1.807) is 0 Å². The number of carbonyl (C=O) groups excluding carboxylic acids is 2. The Labute approximate surface area is 248 Å². The lowest BCUT2D eigenvalue weighted by Gasteiger charge is -2.27. The van der Waals surface area contributed by atoms with E-state index in [0.29, 0.717) is 38.9 Å². The quantitative estimate of drug-likeness (QED) is 0.0987. The maximum atomic E-state index is 12.7. The van der Waals surface area contributed by atoms with E-state index >= 15 is 0 Å². The number of amides is 2. The summed E-state index contributed by atoms with van der Waals surface area (Å²) in [6, 6.07) is 3.40. The van der Waals surface area contributed by atoms with Gasteiger partial charge in [0, 0.05) is 55.4 Å². The standard InChI is InChI=1S/C23H36I3N5O4/c1-2-16(23(34)35)22(21-17(25)12-15(24)13-18(21)26)31-19(32)6-4-3-5-8-30-20(33)14-29-11-10-28-9-7-27/h12-13,16,22,28-29H,2-11,14,27H2,1H3,(H,30,33)(H,31,32)(H,34,35). The van der Waals surface area contributed by atoms with Crippen molar-refractivity contribution in [2.45, 2.75) is 45.1 Å². The molecule has 1 aromatic carbocycles. The first-order chi connectivity index (χ1) is 16.7. The van der Waals surface area contributed by atoms with Gasteiger partial charge in [0.15, 0.2) is 0 Å². The molecule has 0 aliphatic heterocycles. The number of carboxylic acids is 1. The Balaban J connectivity index is 2.45. The number of carboxylic acid groups (broad SMARTS) is 1. The van der Waals surface area contributed by atoms with E-state index in [2.05, 4.69) is 89.0 Å². The van der Waals surface area contributed by atoms with Gasteiger partial charge in [0.1, 0.15) is 0 Å².